The number of hydrogen-bond donors (Lipinski definition) is 5. The van der Waals surface area contributed by atoms with Crippen molar-refractivity contribution in [3.8, 4) is 5.75 Å². The SMILES string of the molecule is CC.CC.CC.COc1cccc(NC(=O)Nc2ccc(Nc3nccc(N=C4CC(C5CC5)NN4)n3)cc2)c1. The number of nitrogens with zero attached hydrogens (tertiary/aromatic N) is 3. The average molecular weight is 549 g/mol. The third-order valence-corrected chi connectivity index (χ3v) is 5.62. The van der Waals surface area contributed by atoms with Gasteiger partial charge in [0.2, 0.25) is 5.95 Å². The topological polar surface area (TPSA) is 125 Å². The number of aromatic nitrogens is 2. The third kappa shape index (κ3) is 10.2. The molecule has 1 saturated carbocycles. The van der Waals surface area contributed by atoms with E-state index < -0.39 is 0 Å². The van der Waals surface area contributed by atoms with E-state index in [0.717, 1.165) is 23.9 Å². The summed E-state index contributed by atoms with van der Waals surface area (Å²) in [6, 6.07) is 16.3. The zero-order valence-electron chi connectivity index (χ0n) is 24.7. The Morgan fingerprint density at radius 2 is 1.60 bits per heavy atom. The molecule has 5 N–H and O–H groups in total. The molecule has 40 heavy (non-hydrogen) atoms. The van der Waals surface area contributed by atoms with E-state index in [2.05, 4.69) is 41.8 Å². The monoisotopic (exact) mass is 548 g/mol. The Balaban J connectivity index is 0.000000876. The number of carbonyl (C=O) groups excluding carboxylic acids is 1. The molecule has 3 aromatic rings. The van der Waals surface area contributed by atoms with E-state index >= 15 is 0 Å². The summed E-state index contributed by atoms with van der Waals surface area (Å²) in [7, 11) is 1.58. The van der Waals surface area contributed by atoms with Crippen LogP contribution in [0.25, 0.3) is 0 Å². The molecule has 1 unspecified atom stereocenters. The molecule has 2 fully saturated rings. The number of methoxy groups -OCH3 is 1. The molecule has 0 radical (unpaired) electrons. The van der Waals surface area contributed by atoms with E-state index in [1.165, 1.54) is 12.8 Å². The number of amides is 2. The van der Waals surface area contributed by atoms with Gasteiger partial charge in [0, 0.05) is 47.9 Å². The maximum atomic E-state index is 12.3. The summed E-state index contributed by atoms with van der Waals surface area (Å²) in [4.78, 5) is 25.6. The van der Waals surface area contributed by atoms with E-state index in [1.807, 2.05) is 65.8 Å². The van der Waals surface area contributed by atoms with Gasteiger partial charge in [-0.3, -0.25) is 0 Å². The Morgan fingerprint density at radius 3 is 2.27 bits per heavy atom. The minimum Gasteiger partial charge on any atom is -0.497 e. The van der Waals surface area contributed by atoms with Gasteiger partial charge in [0.25, 0.3) is 0 Å². The molecule has 1 aliphatic heterocycles. The summed E-state index contributed by atoms with van der Waals surface area (Å²) in [5.74, 6) is 3.36. The first-order valence-corrected chi connectivity index (χ1v) is 14.2. The van der Waals surface area contributed by atoms with Crippen molar-refractivity contribution in [1.82, 2.24) is 20.8 Å². The van der Waals surface area contributed by atoms with Gasteiger partial charge in [-0.05, 0) is 55.2 Å². The number of hydrazine groups is 1. The van der Waals surface area contributed by atoms with Crippen LogP contribution in [0.15, 0.2) is 65.8 Å². The molecule has 0 spiro atoms. The second kappa shape index (κ2) is 17.4. The molecule has 1 aromatic heterocycles. The molecule has 1 saturated heterocycles. The van der Waals surface area contributed by atoms with Gasteiger partial charge in [0.05, 0.1) is 7.11 Å². The molecule has 0 bridgehead atoms. The van der Waals surface area contributed by atoms with Crippen molar-refractivity contribution in [2.45, 2.75) is 66.8 Å². The maximum absolute atomic E-state index is 12.3. The van der Waals surface area contributed by atoms with Gasteiger partial charge in [0.1, 0.15) is 11.6 Å². The number of ether oxygens (including phenoxy) is 1. The Kier molecular flexibility index (Phi) is 13.9. The summed E-state index contributed by atoms with van der Waals surface area (Å²) in [6.45, 7) is 12.0. The maximum Gasteiger partial charge on any atom is 0.323 e. The smallest absolute Gasteiger partial charge is 0.323 e. The first-order chi connectivity index (χ1) is 19.6. The second-order valence-corrected chi connectivity index (χ2v) is 8.23. The van der Waals surface area contributed by atoms with Gasteiger partial charge < -0.3 is 26.1 Å². The molecule has 2 amide bonds. The van der Waals surface area contributed by atoms with Crippen molar-refractivity contribution in [2.75, 3.05) is 23.1 Å². The van der Waals surface area contributed by atoms with Crippen molar-refractivity contribution in [3.63, 3.8) is 0 Å². The lowest BCUT2D eigenvalue weighted by Gasteiger charge is -2.10. The van der Waals surface area contributed by atoms with Crippen LogP contribution < -0.4 is 31.5 Å². The van der Waals surface area contributed by atoms with Gasteiger partial charge in [0.15, 0.2) is 5.82 Å². The minimum atomic E-state index is -0.344. The van der Waals surface area contributed by atoms with Gasteiger partial charge in [-0.25, -0.2) is 20.2 Å². The second-order valence-electron chi connectivity index (χ2n) is 8.23. The van der Waals surface area contributed by atoms with Crippen molar-refractivity contribution >= 4 is 40.7 Å². The van der Waals surface area contributed by atoms with Gasteiger partial charge in [-0.2, -0.15) is 4.98 Å². The lowest BCUT2D eigenvalue weighted by Crippen LogP contribution is -2.32. The lowest BCUT2D eigenvalue weighted by molar-refractivity contribution is 0.262. The van der Waals surface area contributed by atoms with Crippen LogP contribution >= 0.6 is 0 Å². The third-order valence-electron chi connectivity index (χ3n) is 5.62. The van der Waals surface area contributed by atoms with Crippen LogP contribution in [0.3, 0.4) is 0 Å². The Hall–Kier alpha value is -4.18. The normalized spacial score (nSPS) is 16.0. The Morgan fingerprint density at radius 1 is 0.925 bits per heavy atom. The highest BCUT2D eigenvalue weighted by Crippen LogP contribution is 2.35. The number of hydrogen-bond acceptors (Lipinski definition) is 7. The molecule has 1 aliphatic carbocycles. The molecule has 2 aromatic carbocycles. The summed E-state index contributed by atoms with van der Waals surface area (Å²) in [5.41, 5.74) is 8.54. The van der Waals surface area contributed by atoms with Crippen LogP contribution in [0.5, 0.6) is 5.75 Å². The van der Waals surface area contributed by atoms with Crippen molar-refractivity contribution in [3.05, 3.63) is 60.8 Å². The molecule has 5 rings (SSSR count). The van der Waals surface area contributed by atoms with Crippen LogP contribution in [0.1, 0.15) is 60.8 Å². The lowest BCUT2D eigenvalue weighted by atomic mass is 10.1. The van der Waals surface area contributed by atoms with Crippen LogP contribution in [0.4, 0.5) is 33.6 Å². The molecule has 2 aliphatic rings. The number of anilines is 4. The fraction of sp³-hybridized carbons (Fsp3) is 0.400. The Labute approximate surface area is 238 Å². The molecule has 10 heteroatoms. The molecule has 10 nitrogen and oxygen atoms in total. The quantitative estimate of drug-likeness (QED) is 0.210. The summed E-state index contributed by atoms with van der Waals surface area (Å²) >= 11 is 0. The first-order valence-electron chi connectivity index (χ1n) is 14.2. The van der Waals surface area contributed by atoms with Crippen LogP contribution in [-0.2, 0) is 0 Å². The molecular weight excluding hydrogens is 504 g/mol. The number of urea groups is 1. The summed E-state index contributed by atoms with van der Waals surface area (Å²) in [6.07, 6.45) is 5.14. The van der Waals surface area contributed by atoms with E-state index in [4.69, 9.17) is 4.74 Å². The molecular formula is C30H44N8O2. The first kappa shape index (κ1) is 32.0. The standard InChI is InChI=1S/C24H26N8O2.3C2H6/c1-34-19-4-2-3-18(13-19)28-24(33)27-17-9-7-16(8-10-17)26-23-25-12-11-21(30-23)29-22-14-20(31-32-22)15-5-6-15;3*1-2/h2-4,7-13,15,20,31H,5-6,14H2,1H3,(H2,27,28,33)(H2,25,26,29,30,32);3*1-2H3. The number of carbonyl (C=O) groups is 1. The van der Waals surface area contributed by atoms with Crippen LogP contribution in [0, 0.1) is 5.92 Å². The zero-order chi connectivity index (χ0) is 29.3. The number of aliphatic imine (C=N–C) groups is 1. The fourth-order valence-corrected chi connectivity index (χ4v) is 3.71. The molecule has 216 valence electrons. The van der Waals surface area contributed by atoms with Crippen molar-refractivity contribution < 1.29 is 9.53 Å². The largest absolute Gasteiger partial charge is 0.497 e. The van der Waals surface area contributed by atoms with Crippen molar-refractivity contribution in [2.24, 2.45) is 10.9 Å². The number of benzene rings is 2. The van der Waals surface area contributed by atoms with Gasteiger partial charge in [-0.1, -0.05) is 47.6 Å². The predicted molar refractivity (Wildman–Crippen MR) is 166 cm³/mol. The van der Waals surface area contributed by atoms with Gasteiger partial charge >= 0.3 is 6.03 Å². The highest BCUT2D eigenvalue weighted by molar-refractivity contribution is 6.00. The highest BCUT2D eigenvalue weighted by Gasteiger charge is 2.35. The minimum absolute atomic E-state index is 0.344. The number of nitrogens with one attached hydrogen (secondary N) is 5. The Bertz CT molecular complexity index is 1200. The van der Waals surface area contributed by atoms with Crippen LogP contribution in [0.2, 0.25) is 0 Å². The average Bonchev–Trinajstić information content (AvgIpc) is 3.76. The predicted octanol–water partition coefficient (Wildman–Crippen LogP) is 7.26. The fourth-order valence-electron chi connectivity index (χ4n) is 3.71. The van der Waals surface area contributed by atoms with Gasteiger partial charge in [-0.15, -0.1) is 0 Å². The van der Waals surface area contributed by atoms with E-state index in [1.54, 1.807) is 43.6 Å². The van der Waals surface area contributed by atoms with E-state index in [0.29, 0.717) is 34.9 Å². The molecule has 1 atom stereocenters. The zero-order valence-corrected chi connectivity index (χ0v) is 24.7. The van der Waals surface area contributed by atoms with Crippen molar-refractivity contribution in [1.29, 1.82) is 0 Å². The molecule has 2 heterocycles. The summed E-state index contributed by atoms with van der Waals surface area (Å²) in [5, 5.41) is 8.75. The van der Waals surface area contributed by atoms with E-state index in [9.17, 15) is 4.79 Å². The number of rotatable bonds is 7. The van der Waals surface area contributed by atoms with E-state index in [-0.39, 0.29) is 6.03 Å². The highest BCUT2D eigenvalue weighted by atomic mass is 16.5. The van der Waals surface area contributed by atoms with Crippen LogP contribution in [-0.4, -0.2) is 35.0 Å². The number of amidine groups is 1. The summed E-state index contributed by atoms with van der Waals surface area (Å²) < 4.78 is 5.17.